The van der Waals surface area contributed by atoms with Crippen LogP contribution in [0.3, 0.4) is 0 Å². The summed E-state index contributed by atoms with van der Waals surface area (Å²) in [5, 5.41) is 2.63. The molecule has 2 rings (SSSR count). The first-order chi connectivity index (χ1) is 7.69. The van der Waals surface area contributed by atoms with Gasteiger partial charge >= 0.3 is 0 Å². The van der Waals surface area contributed by atoms with Gasteiger partial charge in [0.05, 0.1) is 0 Å². The molecule has 0 fully saturated rings. The fraction of sp³-hybridized carbons (Fsp3) is 0.200. The molecule has 0 saturated carbocycles. The fourth-order valence-electron chi connectivity index (χ4n) is 1.86. The van der Waals surface area contributed by atoms with Crippen LogP contribution in [0.2, 0.25) is 0 Å². The molecule has 2 aromatic rings. The molecule has 0 bridgehead atoms. The van der Waals surface area contributed by atoms with E-state index >= 15 is 0 Å². The highest BCUT2D eigenvalue weighted by molar-refractivity contribution is 7.98. The molecule has 0 saturated heterocycles. The van der Waals surface area contributed by atoms with Gasteiger partial charge in [0.15, 0.2) is 0 Å². The van der Waals surface area contributed by atoms with Crippen LogP contribution in [0.4, 0.5) is 0 Å². The quantitative estimate of drug-likeness (QED) is 0.543. The molecule has 0 aliphatic heterocycles. The van der Waals surface area contributed by atoms with Crippen molar-refractivity contribution in [3.05, 3.63) is 54.1 Å². The van der Waals surface area contributed by atoms with Crippen LogP contribution in [0.1, 0.15) is 12.5 Å². The average molecular weight is 228 g/mol. The molecule has 16 heavy (non-hydrogen) atoms. The third-order valence-electron chi connectivity index (χ3n) is 2.62. The number of allylic oxidation sites excluding steroid dienone is 1. The molecule has 0 unspecified atom stereocenters. The van der Waals surface area contributed by atoms with E-state index in [4.69, 9.17) is 0 Å². The van der Waals surface area contributed by atoms with Crippen LogP contribution in [0.5, 0.6) is 0 Å². The Balaban J connectivity index is 2.43. The van der Waals surface area contributed by atoms with E-state index in [0.29, 0.717) is 0 Å². The first-order valence-electron chi connectivity index (χ1n) is 5.40. The molecular formula is C15H16S. The summed E-state index contributed by atoms with van der Waals surface area (Å²) in [4.78, 5) is 1.32. The second kappa shape index (κ2) is 4.75. The summed E-state index contributed by atoms with van der Waals surface area (Å²) in [6.45, 7) is 6.02. The molecular weight excluding hydrogens is 212 g/mol. The van der Waals surface area contributed by atoms with Crippen LogP contribution >= 0.6 is 11.8 Å². The number of rotatable bonds is 3. The minimum atomic E-state index is 0.972. The maximum absolute atomic E-state index is 3.95. The minimum absolute atomic E-state index is 0.972. The molecule has 0 aromatic heterocycles. The van der Waals surface area contributed by atoms with E-state index in [2.05, 4.69) is 56.2 Å². The van der Waals surface area contributed by atoms with Gasteiger partial charge in [0.2, 0.25) is 0 Å². The van der Waals surface area contributed by atoms with Crippen molar-refractivity contribution in [3.63, 3.8) is 0 Å². The number of hydrogen-bond acceptors (Lipinski definition) is 1. The van der Waals surface area contributed by atoms with Gasteiger partial charge in [-0.2, -0.15) is 0 Å². The predicted molar refractivity (Wildman–Crippen MR) is 74.2 cm³/mol. The summed E-state index contributed by atoms with van der Waals surface area (Å²) >= 11 is 1.78. The van der Waals surface area contributed by atoms with Crippen LogP contribution in [0.25, 0.3) is 10.8 Å². The molecule has 0 nitrogen and oxygen atoms in total. The molecule has 0 radical (unpaired) electrons. The van der Waals surface area contributed by atoms with Crippen LogP contribution < -0.4 is 0 Å². The second-order valence-electron chi connectivity index (χ2n) is 4.18. The van der Waals surface area contributed by atoms with Gasteiger partial charge < -0.3 is 0 Å². The lowest BCUT2D eigenvalue weighted by molar-refractivity contribution is 1.16. The zero-order valence-electron chi connectivity index (χ0n) is 9.79. The van der Waals surface area contributed by atoms with E-state index in [0.717, 1.165) is 6.42 Å². The van der Waals surface area contributed by atoms with Gasteiger partial charge in [0, 0.05) is 4.90 Å². The van der Waals surface area contributed by atoms with E-state index in [-0.39, 0.29) is 0 Å². The Morgan fingerprint density at radius 2 is 1.81 bits per heavy atom. The number of benzene rings is 2. The highest BCUT2D eigenvalue weighted by atomic mass is 32.2. The number of fused-ring (bicyclic) bond motifs is 1. The number of thioether (sulfide) groups is 1. The smallest absolute Gasteiger partial charge is 0.00755 e. The highest BCUT2D eigenvalue weighted by Crippen LogP contribution is 2.23. The Morgan fingerprint density at radius 1 is 1.12 bits per heavy atom. The molecule has 0 N–H and O–H groups in total. The van der Waals surface area contributed by atoms with Gasteiger partial charge in [-0.15, -0.1) is 11.8 Å². The summed E-state index contributed by atoms with van der Waals surface area (Å²) in [6.07, 6.45) is 3.08. The second-order valence-corrected chi connectivity index (χ2v) is 5.06. The molecule has 0 atom stereocenters. The van der Waals surface area contributed by atoms with Gasteiger partial charge in [0.25, 0.3) is 0 Å². The van der Waals surface area contributed by atoms with Crippen LogP contribution in [-0.4, -0.2) is 6.26 Å². The zero-order valence-corrected chi connectivity index (χ0v) is 10.6. The first kappa shape index (κ1) is 11.3. The Bertz CT molecular complexity index is 526. The van der Waals surface area contributed by atoms with Gasteiger partial charge in [0.1, 0.15) is 0 Å². The third kappa shape index (κ3) is 2.48. The molecule has 1 heteroatoms. The molecule has 0 amide bonds. The van der Waals surface area contributed by atoms with E-state index in [1.165, 1.54) is 26.8 Å². The Labute approximate surface area is 101 Å². The molecule has 82 valence electrons. The Morgan fingerprint density at radius 3 is 2.50 bits per heavy atom. The standard InChI is InChI=1S/C15H16S/c1-11(2)8-12-4-5-14-10-15(16-3)7-6-13(14)9-12/h4-7,9-10H,1,8H2,2-3H3. The normalized spacial score (nSPS) is 10.6. The Kier molecular flexibility index (Phi) is 3.35. The summed E-state index contributed by atoms with van der Waals surface area (Å²) in [6, 6.07) is 13.3. The zero-order chi connectivity index (χ0) is 11.5. The predicted octanol–water partition coefficient (Wildman–Crippen LogP) is 4.68. The van der Waals surface area contributed by atoms with Crippen LogP contribution in [0.15, 0.2) is 53.4 Å². The van der Waals surface area contributed by atoms with Crippen molar-refractivity contribution in [1.29, 1.82) is 0 Å². The van der Waals surface area contributed by atoms with Gasteiger partial charge in [-0.25, -0.2) is 0 Å². The van der Waals surface area contributed by atoms with Gasteiger partial charge in [-0.3, -0.25) is 0 Å². The van der Waals surface area contributed by atoms with Crippen molar-refractivity contribution >= 4 is 22.5 Å². The van der Waals surface area contributed by atoms with Crippen molar-refractivity contribution in [2.24, 2.45) is 0 Å². The summed E-state index contributed by atoms with van der Waals surface area (Å²) in [5.74, 6) is 0. The molecule has 0 aliphatic rings. The molecule has 0 aliphatic carbocycles. The maximum Gasteiger partial charge on any atom is 0.00755 e. The van der Waals surface area contributed by atoms with Crippen LogP contribution in [0, 0.1) is 0 Å². The van der Waals surface area contributed by atoms with Crippen molar-refractivity contribution in [2.45, 2.75) is 18.2 Å². The van der Waals surface area contributed by atoms with E-state index in [1.807, 2.05) is 0 Å². The van der Waals surface area contributed by atoms with E-state index in [1.54, 1.807) is 11.8 Å². The SMILES string of the molecule is C=C(C)Cc1ccc2cc(SC)ccc2c1. The monoisotopic (exact) mass is 228 g/mol. The third-order valence-corrected chi connectivity index (χ3v) is 3.34. The fourth-order valence-corrected chi connectivity index (χ4v) is 2.31. The highest BCUT2D eigenvalue weighted by Gasteiger charge is 1.98. The Hall–Kier alpha value is -1.21. The topological polar surface area (TPSA) is 0 Å². The van der Waals surface area contributed by atoms with Gasteiger partial charge in [-0.05, 0) is 48.1 Å². The lowest BCUT2D eigenvalue weighted by Crippen LogP contribution is -1.85. The van der Waals surface area contributed by atoms with Gasteiger partial charge in [-0.1, -0.05) is 36.4 Å². The van der Waals surface area contributed by atoms with Crippen molar-refractivity contribution in [2.75, 3.05) is 6.26 Å². The maximum atomic E-state index is 3.95. The summed E-state index contributed by atoms with van der Waals surface area (Å²) in [5.41, 5.74) is 2.55. The lowest BCUT2D eigenvalue weighted by Gasteiger charge is -2.05. The van der Waals surface area contributed by atoms with Crippen molar-refractivity contribution < 1.29 is 0 Å². The molecule has 2 aromatic carbocycles. The summed E-state index contributed by atoms with van der Waals surface area (Å²) in [7, 11) is 0. The summed E-state index contributed by atoms with van der Waals surface area (Å²) < 4.78 is 0. The minimum Gasteiger partial charge on any atom is -0.130 e. The van der Waals surface area contributed by atoms with Crippen molar-refractivity contribution in [3.8, 4) is 0 Å². The molecule has 0 spiro atoms. The lowest BCUT2D eigenvalue weighted by atomic mass is 10.0. The average Bonchev–Trinajstić information content (AvgIpc) is 2.27. The van der Waals surface area contributed by atoms with Crippen molar-refractivity contribution in [1.82, 2.24) is 0 Å². The molecule has 0 heterocycles. The largest absolute Gasteiger partial charge is 0.130 e. The first-order valence-corrected chi connectivity index (χ1v) is 6.62. The van der Waals surface area contributed by atoms with E-state index < -0.39 is 0 Å². The van der Waals surface area contributed by atoms with Crippen LogP contribution in [-0.2, 0) is 6.42 Å². The van der Waals surface area contributed by atoms with E-state index in [9.17, 15) is 0 Å². The number of hydrogen-bond donors (Lipinski definition) is 0.